The van der Waals surface area contributed by atoms with Crippen LogP contribution in [0.4, 0.5) is 5.13 Å². The molecule has 0 aliphatic rings. The molecule has 3 aromatic rings. The van der Waals surface area contributed by atoms with Crippen molar-refractivity contribution in [2.75, 3.05) is 11.9 Å². The molecule has 0 atom stereocenters. The van der Waals surface area contributed by atoms with Crippen molar-refractivity contribution in [3.05, 3.63) is 53.6 Å². The van der Waals surface area contributed by atoms with Crippen LogP contribution < -0.4 is 10.1 Å². The van der Waals surface area contributed by atoms with Gasteiger partial charge in [0, 0.05) is 5.56 Å². The zero-order chi connectivity index (χ0) is 17.6. The molecule has 1 amide bonds. The van der Waals surface area contributed by atoms with Crippen molar-refractivity contribution in [1.82, 2.24) is 4.98 Å². The highest BCUT2D eigenvalue weighted by atomic mass is 32.1. The maximum atomic E-state index is 12.5. The van der Waals surface area contributed by atoms with Gasteiger partial charge in [0.2, 0.25) is 0 Å². The molecule has 0 spiro atoms. The Bertz CT molecular complexity index is 873. The normalized spacial score (nSPS) is 10.8. The lowest BCUT2D eigenvalue weighted by molar-refractivity contribution is 0.102. The van der Waals surface area contributed by atoms with E-state index >= 15 is 0 Å². The number of ether oxygens (including phenoxy) is 1. The summed E-state index contributed by atoms with van der Waals surface area (Å²) in [6.45, 7) is 4.89. The van der Waals surface area contributed by atoms with E-state index in [1.807, 2.05) is 24.3 Å². The number of rotatable bonds is 7. The van der Waals surface area contributed by atoms with Gasteiger partial charge in [0.25, 0.3) is 5.91 Å². The second-order valence-electron chi connectivity index (χ2n) is 5.82. The van der Waals surface area contributed by atoms with Crippen molar-refractivity contribution in [1.29, 1.82) is 0 Å². The first-order valence-corrected chi connectivity index (χ1v) is 9.45. The summed E-state index contributed by atoms with van der Waals surface area (Å²) in [5.74, 6) is 0.553. The van der Waals surface area contributed by atoms with Gasteiger partial charge in [-0.05, 0) is 42.7 Å². The summed E-state index contributed by atoms with van der Waals surface area (Å²) >= 11 is 1.50. The van der Waals surface area contributed by atoms with Gasteiger partial charge in [-0.1, -0.05) is 49.8 Å². The van der Waals surface area contributed by atoms with Crippen LogP contribution in [0.1, 0.15) is 42.6 Å². The third-order valence-corrected chi connectivity index (χ3v) is 4.90. The molecular weight excluding hydrogens is 332 g/mol. The number of carbonyl (C=O) groups is 1. The quantitative estimate of drug-likeness (QED) is 0.587. The van der Waals surface area contributed by atoms with Crippen molar-refractivity contribution < 1.29 is 9.53 Å². The molecule has 0 saturated carbocycles. The van der Waals surface area contributed by atoms with Crippen molar-refractivity contribution in [3.63, 3.8) is 0 Å². The van der Waals surface area contributed by atoms with E-state index in [0.29, 0.717) is 17.3 Å². The standard InChI is InChI=1S/C20H22N2O2S/c1-3-5-12-24-16-10-6-9-15(13-16)19(23)22-20-21-18-14(4-2)8-7-11-17(18)25-20/h6-11,13H,3-5,12H2,1-2H3,(H,21,22,23). The zero-order valence-electron chi connectivity index (χ0n) is 14.5. The number of aromatic nitrogens is 1. The summed E-state index contributed by atoms with van der Waals surface area (Å²) in [7, 11) is 0. The van der Waals surface area contributed by atoms with Crippen LogP contribution >= 0.6 is 11.3 Å². The Morgan fingerprint density at radius 2 is 2.04 bits per heavy atom. The molecule has 0 radical (unpaired) electrons. The predicted octanol–water partition coefficient (Wildman–Crippen LogP) is 5.29. The summed E-state index contributed by atoms with van der Waals surface area (Å²) in [5.41, 5.74) is 2.74. The number of unbranched alkanes of at least 4 members (excludes halogenated alkanes) is 1. The number of fused-ring (bicyclic) bond motifs is 1. The van der Waals surface area contributed by atoms with Crippen LogP contribution in [0.15, 0.2) is 42.5 Å². The first-order chi connectivity index (χ1) is 12.2. The molecule has 0 saturated heterocycles. The van der Waals surface area contributed by atoms with Crippen LogP contribution in [0, 0.1) is 0 Å². The maximum Gasteiger partial charge on any atom is 0.257 e. The summed E-state index contributed by atoms with van der Waals surface area (Å²) in [4.78, 5) is 17.1. The number of carbonyl (C=O) groups excluding carboxylic acids is 1. The molecule has 0 fully saturated rings. The van der Waals surface area contributed by atoms with Gasteiger partial charge < -0.3 is 4.74 Å². The molecule has 3 rings (SSSR count). The minimum absolute atomic E-state index is 0.168. The fraction of sp³-hybridized carbons (Fsp3) is 0.300. The van der Waals surface area contributed by atoms with E-state index in [2.05, 4.69) is 30.2 Å². The summed E-state index contributed by atoms with van der Waals surface area (Å²) in [6.07, 6.45) is 3.00. The van der Waals surface area contributed by atoms with Crippen LogP contribution in [-0.2, 0) is 6.42 Å². The number of nitrogens with one attached hydrogen (secondary N) is 1. The van der Waals surface area contributed by atoms with Crippen LogP contribution in [0.25, 0.3) is 10.2 Å². The number of thiazole rings is 1. The molecule has 25 heavy (non-hydrogen) atoms. The number of anilines is 1. The minimum Gasteiger partial charge on any atom is -0.494 e. The van der Waals surface area contributed by atoms with Crippen molar-refractivity contribution >= 4 is 32.6 Å². The maximum absolute atomic E-state index is 12.5. The van der Waals surface area contributed by atoms with Gasteiger partial charge >= 0.3 is 0 Å². The van der Waals surface area contributed by atoms with E-state index in [9.17, 15) is 4.79 Å². The number of hydrogen-bond donors (Lipinski definition) is 1. The van der Waals surface area contributed by atoms with Crippen molar-refractivity contribution in [2.45, 2.75) is 33.1 Å². The van der Waals surface area contributed by atoms with Gasteiger partial charge in [-0.25, -0.2) is 4.98 Å². The van der Waals surface area contributed by atoms with Crippen LogP contribution in [0.3, 0.4) is 0 Å². The molecule has 0 bridgehead atoms. The highest BCUT2D eigenvalue weighted by Gasteiger charge is 2.12. The number of para-hydroxylation sites is 1. The van der Waals surface area contributed by atoms with Gasteiger partial charge in [-0.2, -0.15) is 0 Å². The number of benzene rings is 2. The molecule has 130 valence electrons. The van der Waals surface area contributed by atoms with Gasteiger partial charge in [0.1, 0.15) is 5.75 Å². The van der Waals surface area contributed by atoms with Gasteiger partial charge in [-0.3, -0.25) is 10.1 Å². The molecular formula is C20H22N2O2S. The van der Waals surface area contributed by atoms with Crippen molar-refractivity contribution in [2.24, 2.45) is 0 Å². The average molecular weight is 354 g/mol. The molecule has 0 aliphatic carbocycles. The fourth-order valence-corrected chi connectivity index (χ4v) is 3.48. The lowest BCUT2D eigenvalue weighted by atomic mass is 10.1. The topological polar surface area (TPSA) is 51.2 Å². The minimum atomic E-state index is -0.168. The van der Waals surface area contributed by atoms with E-state index in [0.717, 1.165) is 35.2 Å². The third kappa shape index (κ3) is 4.17. The summed E-state index contributed by atoms with van der Waals surface area (Å²) in [5, 5.41) is 3.53. The molecule has 1 aromatic heterocycles. The first-order valence-electron chi connectivity index (χ1n) is 8.64. The van der Waals surface area contributed by atoms with Crippen molar-refractivity contribution in [3.8, 4) is 5.75 Å². The Kier molecular flexibility index (Phi) is 5.66. The van der Waals surface area contributed by atoms with Crippen LogP contribution in [0.5, 0.6) is 5.75 Å². The Morgan fingerprint density at radius 1 is 1.20 bits per heavy atom. The largest absolute Gasteiger partial charge is 0.494 e. The molecule has 0 unspecified atom stereocenters. The number of nitrogens with zero attached hydrogens (tertiary/aromatic N) is 1. The average Bonchev–Trinajstić information content (AvgIpc) is 3.04. The third-order valence-electron chi connectivity index (χ3n) is 3.97. The number of hydrogen-bond acceptors (Lipinski definition) is 4. The SMILES string of the molecule is CCCCOc1cccc(C(=O)Nc2nc3c(CC)cccc3s2)c1. The van der Waals surface area contributed by atoms with Crippen LogP contribution in [0.2, 0.25) is 0 Å². The fourth-order valence-electron chi connectivity index (χ4n) is 2.58. The summed E-state index contributed by atoms with van der Waals surface area (Å²) in [6, 6.07) is 13.4. The molecule has 1 heterocycles. The Balaban J connectivity index is 1.75. The van der Waals surface area contributed by atoms with E-state index in [1.165, 1.54) is 16.9 Å². The van der Waals surface area contributed by atoms with Gasteiger partial charge in [0.05, 0.1) is 16.8 Å². The molecule has 5 heteroatoms. The van der Waals surface area contributed by atoms with Gasteiger partial charge in [-0.15, -0.1) is 0 Å². The molecule has 4 nitrogen and oxygen atoms in total. The second kappa shape index (κ2) is 8.12. The monoisotopic (exact) mass is 354 g/mol. The predicted molar refractivity (Wildman–Crippen MR) is 104 cm³/mol. The number of amides is 1. The lowest BCUT2D eigenvalue weighted by Gasteiger charge is -2.07. The summed E-state index contributed by atoms with van der Waals surface area (Å²) < 4.78 is 6.76. The highest BCUT2D eigenvalue weighted by Crippen LogP contribution is 2.29. The second-order valence-corrected chi connectivity index (χ2v) is 6.85. The Labute approximate surface area is 151 Å². The van der Waals surface area contributed by atoms with Crippen LogP contribution in [-0.4, -0.2) is 17.5 Å². The first kappa shape index (κ1) is 17.4. The zero-order valence-corrected chi connectivity index (χ0v) is 15.4. The molecule has 2 aromatic carbocycles. The Hall–Kier alpha value is -2.40. The van der Waals surface area contributed by atoms with E-state index < -0.39 is 0 Å². The number of aryl methyl sites for hydroxylation is 1. The van der Waals surface area contributed by atoms with E-state index in [1.54, 1.807) is 12.1 Å². The van der Waals surface area contributed by atoms with E-state index in [-0.39, 0.29) is 5.91 Å². The smallest absolute Gasteiger partial charge is 0.257 e. The molecule has 0 aliphatic heterocycles. The molecule has 1 N–H and O–H groups in total. The lowest BCUT2D eigenvalue weighted by Crippen LogP contribution is -2.11. The van der Waals surface area contributed by atoms with E-state index in [4.69, 9.17) is 4.74 Å². The Morgan fingerprint density at radius 3 is 2.84 bits per heavy atom. The highest BCUT2D eigenvalue weighted by molar-refractivity contribution is 7.22. The van der Waals surface area contributed by atoms with Gasteiger partial charge in [0.15, 0.2) is 5.13 Å².